The van der Waals surface area contributed by atoms with E-state index in [1.54, 1.807) is 0 Å². The molecule has 0 fully saturated rings. The third-order valence-electron chi connectivity index (χ3n) is 2.35. The van der Waals surface area contributed by atoms with Gasteiger partial charge in [0.2, 0.25) is 10.0 Å². The zero-order chi connectivity index (χ0) is 13.8. The molecule has 0 heterocycles. The number of hydrogen-bond donors (Lipinski definition) is 1. The number of nitrogen functional groups attached to an aromatic ring is 1. The number of nitrogens with zero attached hydrogens (tertiary/aromatic N) is 1. The molecule has 1 aromatic carbocycles. The minimum absolute atomic E-state index is 0.0399. The van der Waals surface area contributed by atoms with Crippen LogP contribution < -0.4 is 5.73 Å². The lowest BCUT2D eigenvalue weighted by Crippen LogP contribution is -2.32. The largest absolute Gasteiger partial charge is 0.398 e. The molecule has 6 heteroatoms. The number of anilines is 1. The molecule has 0 atom stereocenters. The van der Waals surface area contributed by atoms with Crippen LogP contribution in [0.2, 0.25) is 5.02 Å². The van der Waals surface area contributed by atoms with Crippen LogP contribution in [0.15, 0.2) is 23.1 Å². The number of rotatable bonds is 5. The van der Waals surface area contributed by atoms with Crippen molar-refractivity contribution in [2.24, 2.45) is 0 Å². The van der Waals surface area contributed by atoms with E-state index in [0.29, 0.717) is 18.7 Å². The Morgan fingerprint density at radius 3 is 2.67 bits per heavy atom. The van der Waals surface area contributed by atoms with Crippen LogP contribution in [0.1, 0.15) is 13.3 Å². The predicted octanol–water partition coefficient (Wildman–Crippen LogP) is 1.96. The van der Waals surface area contributed by atoms with Crippen LogP contribution in [0, 0.1) is 12.3 Å². The van der Waals surface area contributed by atoms with E-state index >= 15 is 0 Å². The van der Waals surface area contributed by atoms with E-state index in [4.69, 9.17) is 23.8 Å². The zero-order valence-corrected chi connectivity index (χ0v) is 11.6. The van der Waals surface area contributed by atoms with E-state index < -0.39 is 10.0 Å². The number of nitrogens with two attached hydrogens (primary N) is 1. The van der Waals surface area contributed by atoms with Crippen molar-refractivity contribution in [2.45, 2.75) is 18.2 Å². The van der Waals surface area contributed by atoms with Crippen molar-refractivity contribution in [1.29, 1.82) is 0 Å². The van der Waals surface area contributed by atoms with E-state index in [9.17, 15) is 8.42 Å². The van der Waals surface area contributed by atoms with Crippen LogP contribution in [0.3, 0.4) is 0 Å². The van der Waals surface area contributed by atoms with Gasteiger partial charge in [0.25, 0.3) is 0 Å². The highest BCUT2D eigenvalue weighted by Gasteiger charge is 2.23. The molecule has 0 aliphatic carbocycles. The van der Waals surface area contributed by atoms with E-state index in [0.717, 1.165) is 0 Å². The van der Waals surface area contributed by atoms with Crippen LogP contribution >= 0.6 is 11.6 Å². The molecule has 4 nitrogen and oxygen atoms in total. The fraction of sp³-hybridized carbons (Fsp3) is 0.333. The molecule has 1 aromatic rings. The Morgan fingerprint density at radius 2 is 2.17 bits per heavy atom. The lowest BCUT2D eigenvalue weighted by molar-refractivity contribution is 0.445. The van der Waals surface area contributed by atoms with Gasteiger partial charge in [-0.25, -0.2) is 8.42 Å². The molecule has 0 aliphatic rings. The van der Waals surface area contributed by atoms with Gasteiger partial charge in [-0.05, 0) is 24.6 Å². The second kappa shape index (κ2) is 6.10. The minimum atomic E-state index is -3.61. The SMILES string of the molecule is C#CCN(CCC)S(=O)(=O)c1ccc(N)c(Cl)c1. The summed E-state index contributed by atoms with van der Waals surface area (Å²) in [6.45, 7) is 2.29. The first kappa shape index (κ1) is 14.8. The Hall–Kier alpha value is -1.22. The Balaban J connectivity index is 3.18. The molecule has 0 aliphatic heterocycles. The molecule has 0 radical (unpaired) electrons. The van der Waals surface area contributed by atoms with Gasteiger partial charge in [-0.15, -0.1) is 6.42 Å². The summed E-state index contributed by atoms with van der Waals surface area (Å²) in [4.78, 5) is 0.102. The smallest absolute Gasteiger partial charge is 0.243 e. The molecular weight excluding hydrogens is 272 g/mol. The third kappa shape index (κ3) is 3.16. The van der Waals surface area contributed by atoms with Crippen LogP contribution in [-0.2, 0) is 10.0 Å². The van der Waals surface area contributed by atoms with Crippen molar-refractivity contribution >= 4 is 27.3 Å². The lowest BCUT2D eigenvalue weighted by Gasteiger charge is -2.19. The molecule has 2 N–H and O–H groups in total. The first-order chi connectivity index (χ1) is 8.43. The summed E-state index contributed by atoms with van der Waals surface area (Å²) in [6.07, 6.45) is 5.87. The molecule has 0 aromatic heterocycles. The highest BCUT2D eigenvalue weighted by Crippen LogP contribution is 2.24. The predicted molar refractivity (Wildman–Crippen MR) is 73.7 cm³/mol. The van der Waals surface area contributed by atoms with Gasteiger partial charge < -0.3 is 5.73 Å². The number of terminal acetylenes is 1. The van der Waals surface area contributed by atoms with Gasteiger partial charge in [-0.3, -0.25) is 0 Å². The summed E-state index contributed by atoms with van der Waals surface area (Å²) < 4.78 is 25.9. The Kier molecular flexibility index (Phi) is 5.03. The van der Waals surface area contributed by atoms with Crippen molar-refractivity contribution in [1.82, 2.24) is 4.31 Å². The molecule has 0 spiro atoms. The highest BCUT2D eigenvalue weighted by molar-refractivity contribution is 7.89. The molecule has 1 rings (SSSR count). The maximum Gasteiger partial charge on any atom is 0.243 e. The summed E-state index contributed by atoms with van der Waals surface area (Å²) >= 11 is 5.83. The monoisotopic (exact) mass is 286 g/mol. The first-order valence-electron chi connectivity index (χ1n) is 5.42. The van der Waals surface area contributed by atoms with Crippen LogP contribution in [0.5, 0.6) is 0 Å². The quantitative estimate of drug-likeness (QED) is 0.665. The zero-order valence-electron chi connectivity index (χ0n) is 10.1. The molecule has 0 bridgehead atoms. The topological polar surface area (TPSA) is 63.4 Å². The van der Waals surface area contributed by atoms with Crippen molar-refractivity contribution in [3.63, 3.8) is 0 Å². The van der Waals surface area contributed by atoms with Crippen LogP contribution in [-0.4, -0.2) is 25.8 Å². The van der Waals surface area contributed by atoms with E-state index in [-0.39, 0.29) is 16.5 Å². The molecule has 0 saturated carbocycles. The fourth-order valence-electron chi connectivity index (χ4n) is 1.45. The van der Waals surface area contributed by atoms with Gasteiger partial charge in [0.1, 0.15) is 0 Å². The number of sulfonamides is 1. The van der Waals surface area contributed by atoms with Crippen LogP contribution in [0.25, 0.3) is 0 Å². The third-order valence-corrected chi connectivity index (χ3v) is 4.52. The van der Waals surface area contributed by atoms with Gasteiger partial charge in [0.15, 0.2) is 0 Å². The van der Waals surface area contributed by atoms with E-state index in [1.165, 1.54) is 22.5 Å². The summed E-state index contributed by atoms with van der Waals surface area (Å²) in [5.74, 6) is 2.34. The summed E-state index contributed by atoms with van der Waals surface area (Å²) in [6, 6.07) is 4.23. The second-order valence-electron chi connectivity index (χ2n) is 3.73. The van der Waals surface area contributed by atoms with Gasteiger partial charge in [0, 0.05) is 6.54 Å². The Morgan fingerprint density at radius 1 is 1.50 bits per heavy atom. The first-order valence-corrected chi connectivity index (χ1v) is 7.24. The van der Waals surface area contributed by atoms with Crippen molar-refractivity contribution in [3.05, 3.63) is 23.2 Å². The van der Waals surface area contributed by atoms with Crippen molar-refractivity contribution in [2.75, 3.05) is 18.8 Å². The maximum absolute atomic E-state index is 12.3. The normalized spacial score (nSPS) is 11.4. The fourth-order valence-corrected chi connectivity index (χ4v) is 3.17. The summed E-state index contributed by atoms with van der Waals surface area (Å²) in [5.41, 5.74) is 5.89. The van der Waals surface area contributed by atoms with Gasteiger partial charge in [0.05, 0.1) is 22.2 Å². The molecule has 0 unspecified atom stereocenters. The van der Waals surface area contributed by atoms with Crippen molar-refractivity contribution in [3.8, 4) is 12.3 Å². The van der Waals surface area contributed by atoms with E-state index in [2.05, 4.69) is 5.92 Å². The average molecular weight is 287 g/mol. The minimum Gasteiger partial charge on any atom is -0.398 e. The number of halogens is 1. The van der Waals surface area contributed by atoms with Crippen molar-refractivity contribution < 1.29 is 8.42 Å². The summed E-state index contributed by atoms with van der Waals surface area (Å²) in [7, 11) is -3.61. The average Bonchev–Trinajstić information content (AvgIpc) is 2.32. The van der Waals surface area contributed by atoms with Crippen LogP contribution in [0.4, 0.5) is 5.69 Å². The van der Waals surface area contributed by atoms with E-state index in [1.807, 2.05) is 6.92 Å². The molecule has 0 amide bonds. The molecule has 18 heavy (non-hydrogen) atoms. The highest BCUT2D eigenvalue weighted by atomic mass is 35.5. The molecule has 0 saturated heterocycles. The van der Waals surface area contributed by atoms with Gasteiger partial charge >= 0.3 is 0 Å². The molecule has 98 valence electrons. The van der Waals surface area contributed by atoms with Gasteiger partial charge in [-0.1, -0.05) is 24.4 Å². The lowest BCUT2D eigenvalue weighted by atomic mass is 10.3. The second-order valence-corrected chi connectivity index (χ2v) is 6.07. The Bertz CT molecular complexity index is 564. The Labute approximate surface area is 113 Å². The standard InChI is InChI=1S/C12H15ClN2O2S/c1-3-7-15(8-4-2)18(16,17)10-5-6-12(14)11(13)9-10/h1,5-6,9H,4,7-8,14H2,2H3. The number of benzene rings is 1. The molecular formula is C12H15ClN2O2S. The van der Waals surface area contributed by atoms with Gasteiger partial charge in [-0.2, -0.15) is 4.31 Å². The number of hydrogen-bond acceptors (Lipinski definition) is 3. The maximum atomic E-state index is 12.3. The summed E-state index contributed by atoms with van der Waals surface area (Å²) in [5, 5.41) is 0.216.